The summed E-state index contributed by atoms with van der Waals surface area (Å²) in [4.78, 5) is 11.2. The Bertz CT molecular complexity index is 644. The fraction of sp³-hybridized carbons (Fsp3) is 0. The molecule has 2 aromatic carbocycles. The van der Waals surface area contributed by atoms with E-state index >= 15 is 0 Å². The predicted molar refractivity (Wildman–Crippen MR) is 84.5 cm³/mol. The summed E-state index contributed by atoms with van der Waals surface area (Å²) in [6, 6.07) is 10.8. The van der Waals surface area contributed by atoms with Crippen LogP contribution in [0.1, 0.15) is 10.4 Å². The van der Waals surface area contributed by atoms with Gasteiger partial charge in [-0.1, -0.05) is 22.0 Å². The summed E-state index contributed by atoms with van der Waals surface area (Å²) in [6.07, 6.45) is 0. The Hall–Kier alpha value is -1.53. The molecule has 19 heavy (non-hydrogen) atoms. The van der Waals surface area contributed by atoms with Crippen molar-refractivity contribution in [2.24, 2.45) is 5.73 Å². The Morgan fingerprint density at radius 3 is 2.53 bits per heavy atom. The first-order chi connectivity index (χ1) is 8.99. The topological polar surface area (TPSA) is 81.1 Å². The average Bonchev–Trinajstić information content (AvgIpc) is 2.36. The molecule has 0 fully saturated rings. The van der Waals surface area contributed by atoms with Crippen LogP contribution in [0.15, 0.2) is 45.3 Å². The van der Waals surface area contributed by atoms with E-state index in [1.165, 1.54) is 0 Å². The lowest BCUT2D eigenvalue weighted by Gasteiger charge is -2.13. The number of benzene rings is 2. The second kappa shape index (κ2) is 5.63. The van der Waals surface area contributed by atoms with Crippen LogP contribution in [0.2, 0.25) is 0 Å². The largest absolute Gasteiger partial charge is 0.396 e. The molecular weight excluding hydrogens is 374 g/mol. The zero-order valence-electron chi connectivity index (χ0n) is 9.78. The third-order valence-electron chi connectivity index (χ3n) is 2.57. The molecule has 6 heteroatoms. The van der Waals surface area contributed by atoms with E-state index in [9.17, 15) is 4.79 Å². The molecule has 0 aliphatic rings. The van der Waals surface area contributed by atoms with Gasteiger partial charge in [-0.25, -0.2) is 0 Å². The summed E-state index contributed by atoms with van der Waals surface area (Å²) in [5.74, 6) is -0.547. The summed E-state index contributed by atoms with van der Waals surface area (Å²) in [7, 11) is 0. The molecule has 0 spiro atoms. The molecule has 0 aromatic heterocycles. The van der Waals surface area contributed by atoms with Gasteiger partial charge in [0, 0.05) is 8.95 Å². The number of amides is 1. The number of para-hydroxylation sites is 1. The molecule has 98 valence electrons. The maximum Gasteiger partial charge on any atom is 0.250 e. The Kier molecular flexibility index (Phi) is 4.11. The Labute approximate surface area is 127 Å². The van der Waals surface area contributed by atoms with Crippen molar-refractivity contribution in [2.75, 3.05) is 11.1 Å². The number of hydrogen-bond donors (Lipinski definition) is 3. The normalized spacial score (nSPS) is 10.2. The zero-order chi connectivity index (χ0) is 14.0. The molecule has 0 aliphatic heterocycles. The lowest BCUT2D eigenvalue weighted by Crippen LogP contribution is -2.14. The minimum atomic E-state index is -0.547. The molecule has 4 nitrogen and oxygen atoms in total. The molecular formula is C13H11Br2N3O. The highest BCUT2D eigenvalue weighted by Crippen LogP contribution is 2.32. The highest BCUT2D eigenvalue weighted by atomic mass is 79.9. The molecule has 0 radical (unpaired) electrons. The molecule has 0 bridgehead atoms. The molecule has 5 N–H and O–H groups in total. The fourth-order valence-corrected chi connectivity index (χ4v) is 2.33. The van der Waals surface area contributed by atoms with Crippen molar-refractivity contribution in [3.05, 3.63) is 50.9 Å². The first-order valence-electron chi connectivity index (χ1n) is 5.39. The highest BCUT2D eigenvalue weighted by Gasteiger charge is 2.10. The van der Waals surface area contributed by atoms with Crippen LogP contribution in [0, 0.1) is 0 Å². The minimum absolute atomic E-state index is 0.302. The monoisotopic (exact) mass is 383 g/mol. The van der Waals surface area contributed by atoms with E-state index in [0.29, 0.717) is 16.9 Å². The molecule has 0 aliphatic carbocycles. The molecule has 0 saturated carbocycles. The second-order valence-electron chi connectivity index (χ2n) is 3.88. The highest BCUT2D eigenvalue weighted by molar-refractivity contribution is 9.11. The van der Waals surface area contributed by atoms with Gasteiger partial charge in [0.15, 0.2) is 0 Å². The molecule has 0 heterocycles. The number of nitrogens with two attached hydrogens (primary N) is 2. The summed E-state index contributed by atoms with van der Waals surface area (Å²) >= 11 is 6.84. The lowest BCUT2D eigenvalue weighted by molar-refractivity contribution is 0.100. The second-order valence-corrected chi connectivity index (χ2v) is 5.65. The van der Waals surface area contributed by atoms with Crippen LogP contribution in [0.5, 0.6) is 0 Å². The van der Waals surface area contributed by atoms with Crippen LogP contribution in [-0.2, 0) is 0 Å². The Balaban J connectivity index is 2.41. The molecule has 1 amide bonds. The maximum atomic E-state index is 11.2. The Morgan fingerprint density at radius 1 is 1.11 bits per heavy atom. The number of rotatable bonds is 3. The summed E-state index contributed by atoms with van der Waals surface area (Å²) in [5, 5.41) is 3.17. The van der Waals surface area contributed by atoms with E-state index in [-0.39, 0.29) is 0 Å². The zero-order valence-corrected chi connectivity index (χ0v) is 13.0. The number of nitrogen functional groups attached to an aromatic ring is 1. The average molecular weight is 385 g/mol. The lowest BCUT2D eigenvalue weighted by atomic mass is 10.1. The van der Waals surface area contributed by atoms with Crippen LogP contribution < -0.4 is 16.8 Å². The van der Waals surface area contributed by atoms with Crippen LogP contribution in [0.25, 0.3) is 0 Å². The van der Waals surface area contributed by atoms with Crippen molar-refractivity contribution in [2.45, 2.75) is 0 Å². The van der Waals surface area contributed by atoms with E-state index in [4.69, 9.17) is 11.5 Å². The number of carbonyl (C=O) groups excluding carboxylic acids is 1. The van der Waals surface area contributed by atoms with Gasteiger partial charge in [-0.15, -0.1) is 0 Å². The number of hydrogen-bond acceptors (Lipinski definition) is 3. The summed E-state index contributed by atoms with van der Waals surface area (Å²) in [6.45, 7) is 0. The van der Waals surface area contributed by atoms with E-state index in [1.807, 2.05) is 18.2 Å². The minimum Gasteiger partial charge on any atom is -0.396 e. The van der Waals surface area contributed by atoms with Crippen molar-refractivity contribution in [3.63, 3.8) is 0 Å². The van der Waals surface area contributed by atoms with Crippen LogP contribution in [-0.4, -0.2) is 5.91 Å². The van der Waals surface area contributed by atoms with Crippen LogP contribution >= 0.6 is 31.9 Å². The van der Waals surface area contributed by atoms with Gasteiger partial charge in [-0.3, -0.25) is 4.79 Å². The number of nitrogens with one attached hydrogen (secondary N) is 1. The van der Waals surface area contributed by atoms with E-state index in [1.54, 1.807) is 18.2 Å². The number of anilines is 3. The van der Waals surface area contributed by atoms with Gasteiger partial charge in [0.05, 0.1) is 22.6 Å². The fourth-order valence-electron chi connectivity index (χ4n) is 1.63. The standard InChI is InChI=1S/C13H11Br2N3O/c14-7-4-5-9(15)11(6-7)18-10-3-1-2-8(12(10)16)13(17)19/h1-6,18H,16H2,(H2,17,19). The van der Waals surface area contributed by atoms with Gasteiger partial charge < -0.3 is 16.8 Å². The molecule has 2 aromatic rings. The van der Waals surface area contributed by atoms with Crippen LogP contribution in [0.4, 0.5) is 17.1 Å². The van der Waals surface area contributed by atoms with Crippen molar-refractivity contribution >= 4 is 54.8 Å². The first kappa shape index (κ1) is 13.9. The van der Waals surface area contributed by atoms with Crippen molar-refractivity contribution in [1.82, 2.24) is 0 Å². The number of primary amides is 1. The first-order valence-corrected chi connectivity index (χ1v) is 6.98. The number of halogens is 2. The third kappa shape index (κ3) is 3.08. The third-order valence-corrected chi connectivity index (χ3v) is 3.75. The van der Waals surface area contributed by atoms with Gasteiger partial charge in [-0.2, -0.15) is 0 Å². The van der Waals surface area contributed by atoms with Gasteiger partial charge in [0.1, 0.15) is 0 Å². The van der Waals surface area contributed by atoms with E-state index in [2.05, 4.69) is 37.2 Å². The molecule has 2 rings (SSSR count). The quantitative estimate of drug-likeness (QED) is 0.706. The van der Waals surface area contributed by atoms with Crippen molar-refractivity contribution < 1.29 is 4.79 Å². The Morgan fingerprint density at radius 2 is 1.84 bits per heavy atom. The van der Waals surface area contributed by atoms with E-state index < -0.39 is 5.91 Å². The van der Waals surface area contributed by atoms with E-state index in [0.717, 1.165) is 14.6 Å². The van der Waals surface area contributed by atoms with Crippen molar-refractivity contribution in [3.8, 4) is 0 Å². The summed E-state index contributed by atoms with van der Waals surface area (Å²) < 4.78 is 1.82. The molecule has 0 saturated heterocycles. The van der Waals surface area contributed by atoms with Gasteiger partial charge >= 0.3 is 0 Å². The SMILES string of the molecule is NC(=O)c1cccc(Nc2cc(Br)ccc2Br)c1N. The molecule has 0 unspecified atom stereocenters. The molecule has 0 atom stereocenters. The van der Waals surface area contributed by atoms with Gasteiger partial charge in [0.2, 0.25) is 0 Å². The van der Waals surface area contributed by atoms with Crippen molar-refractivity contribution in [1.29, 1.82) is 0 Å². The van der Waals surface area contributed by atoms with Gasteiger partial charge in [-0.05, 0) is 46.3 Å². The smallest absolute Gasteiger partial charge is 0.250 e. The summed E-state index contributed by atoms with van der Waals surface area (Å²) in [5.41, 5.74) is 13.3. The number of carbonyl (C=O) groups is 1. The maximum absolute atomic E-state index is 11.2. The predicted octanol–water partition coefficient (Wildman–Crippen LogP) is 3.64. The van der Waals surface area contributed by atoms with Crippen LogP contribution in [0.3, 0.4) is 0 Å². The van der Waals surface area contributed by atoms with Gasteiger partial charge in [0.25, 0.3) is 5.91 Å².